The monoisotopic (exact) mass is 368 g/mol. The molecular weight excluding hydrogens is 340 g/mol. The molecule has 3 rings (SSSR count). The third kappa shape index (κ3) is 4.80. The number of benzene rings is 2. The van der Waals surface area contributed by atoms with Gasteiger partial charge < -0.3 is 19.1 Å². The van der Waals surface area contributed by atoms with Gasteiger partial charge >= 0.3 is 0 Å². The van der Waals surface area contributed by atoms with Crippen LogP contribution in [0.3, 0.4) is 0 Å². The molecule has 5 nitrogen and oxygen atoms in total. The summed E-state index contributed by atoms with van der Waals surface area (Å²) in [5.74, 6) is 2.39. The van der Waals surface area contributed by atoms with E-state index in [0.29, 0.717) is 6.61 Å². The molecule has 2 aromatic carbocycles. The molecule has 144 valence electrons. The molecule has 1 N–H and O–H groups in total. The minimum absolute atomic E-state index is 0.518. The first-order chi connectivity index (χ1) is 13.2. The van der Waals surface area contributed by atoms with Crippen molar-refractivity contribution in [2.24, 2.45) is 0 Å². The van der Waals surface area contributed by atoms with Crippen molar-refractivity contribution in [3.05, 3.63) is 54.4 Å². The average molecular weight is 368 g/mol. The number of hydrogen-bond donors (Lipinski definition) is 1. The Morgan fingerprint density at radius 3 is 2.70 bits per heavy atom. The second-order valence-electron chi connectivity index (χ2n) is 6.65. The molecule has 0 amide bonds. The standard InChI is InChI=1S/C22H28N2O3/c1-3-9-21(25)22-23-19-12-4-5-13-20(19)24(22)14-6-7-15-27-18-11-8-10-17(16-18)26-2/h4-5,8,10-13,16,21,25H,3,6-7,9,14-15H2,1-2H3/t21-/m1/s1. The first-order valence-electron chi connectivity index (χ1n) is 9.63. The number of aryl methyl sites for hydroxylation is 1. The van der Waals surface area contributed by atoms with Crippen molar-refractivity contribution in [3.63, 3.8) is 0 Å². The number of ether oxygens (including phenoxy) is 2. The van der Waals surface area contributed by atoms with Crippen LogP contribution in [0.5, 0.6) is 11.5 Å². The van der Waals surface area contributed by atoms with Crippen LogP contribution >= 0.6 is 0 Å². The molecule has 0 spiro atoms. The maximum Gasteiger partial charge on any atom is 0.138 e. The summed E-state index contributed by atoms with van der Waals surface area (Å²) < 4.78 is 13.2. The first kappa shape index (κ1) is 19.2. The van der Waals surface area contributed by atoms with Crippen molar-refractivity contribution in [2.75, 3.05) is 13.7 Å². The van der Waals surface area contributed by atoms with Crippen molar-refractivity contribution >= 4 is 11.0 Å². The summed E-state index contributed by atoms with van der Waals surface area (Å²) in [4.78, 5) is 4.66. The summed E-state index contributed by atoms with van der Waals surface area (Å²) in [5, 5.41) is 10.5. The molecular formula is C22H28N2O3. The van der Waals surface area contributed by atoms with Gasteiger partial charge in [0.15, 0.2) is 0 Å². The lowest BCUT2D eigenvalue weighted by Gasteiger charge is -2.13. The fraction of sp³-hybridized carbons (Fsp3) is 0.409. The Morgan fingerprint density at radius 1 is 1.07 bits per heavy atom. The summed E-state index contributed by atoms with van der Waals surface area (Å²) in [6.07, 6.45) is 3.01. The fourth-order valence-electron chi connectivity index (χ4n) is 3.24. The highest BCUT2D eigenvalue weighted by atomic mass is 16.5. The predicted octanol–water partition coefficient (Wildman–Crippen LogP) is 4.74. The highest BCUT2D eigenvalue weighted by Crippen LogP contribution is 2.24. The summed E-state index contributed by atoms with van der Waals surface area (Å²) in [6, 6.07) is 15.7. The predicted molar refractivity (Wildman–Crippen MR) is 107 cm³/mol. The van der Waals surface area contributed by atoms with Crippen molar-refractivity contribution in [2.45, 2.75) is 45.3 Å². The van der Waals surface area contributed by atoms with Crippen molar-refractivity contribution < 1.29 is 14.6 Å². The van der Waals surface area contributed by atoms with Gasteiger partial charge in [-0.3, -0.25) is 0 Å². The highest BCUT2D eigenvalue weighted by molar-refractivity contribution is 5.76. The number of fused-ring (bicyclic) bond motifs is 1. The maximum absolute atomic E-state index is 10.5. The van der Waals surface area contributed by atoms with Gasteiger partial charge in [0.1, 0.15) is 23.4 Å². The lowest BCUT2D eigenvalue weighted by atomic mass is 10.2. The third-order valence-corrected chi connectivity index (χ3v) is 4.63. The maximum atomic E-state index is 10.5. The zero-order valence-corrected chi connectivity index (χ0v) is 16.1. The SMILES string of the molecule is CCC[C@@H](O)c1nc2ccccc2n1CCCCOc1cccc(OC)c1. The van der Waals surface area contributed by atoms with Gasteiger partial charge in [-0.2, -0.15) is 0 Å². The van der Waals surface area contributed by atoms with E-state index in [2.05, 4.69) is 22.5 Å². The smallest absolute Gasteiger partial charge is 0.138 e. The molecule has 0 aliphatic carbocycles. The molecule has 1 heterocycles. The van der Waals surface area contributed by atoms with Crippen LogP contribution in [0.15, 0.2) is 48.5 Å². The van der Waals surface area contributed by atoms with E-state index < -0.39 is 6.10 Å². The number of para-hydroxylation sites is 2. The Morgan fingerprint density at radius 2 is 1.89 bits per heavy atom. The number of hydrogen-bond acceptors (Lipinski definition) is 4. The van der Waals surface area contributed by atoms with Gasteiger partial charge in [-0.05, 0) is 43.5 Å². The quantitative estimate of drug-likeness (QED) is 0.525. The topological polar surface area (TPSA) is 56.5 Å². The van der Waals surface area contributed by atoms with Crippen molar-refractivity contribution in [1.29, 1.82) is 0 Å². The van der Waals surface area contributed by atoms with Crippen LogP contribution in [0, 0.1) is 0 Å². The number of aliphatic hydroxyl groups is 1. The average Bonchev–Trinajstić information content (AvgIpc) is 3.07. The molecule has 5 heteroatoms. The van der Waals surface area contributed by atoms with Gasteiger partial charge in [-0.1, -0.05) is 31.5 Å². The minimum atomic E-state index is -0.518. The lowest BCUT2D eigenvalue weighted by Crippen LogP contribution is -2.10. The van der Waals surface area contributed by atoms with Crippen LogP contribution in [-0.4, -0.2) is 28.4 Å². The summed E-state index contributed by atoms with van der Waals surface area (Å²) >= 11 is 0. The molecule has 0 fully saturated rings. The van der Waals surface area contributed by atoms with Crippen LogP contribution in [0.1, 0.15) is 44.5 Å². The van der Waals surface area contributed by atoms with E-state index in [0.717, 1.165) is 60.6 Å². The van der Waals surface area contributed by atoms with Crippen LogP contribution in [0.25, 0.3) is 11.0 Å². The Kier molecular flexibility index (Phi) is 6.71. The number of rotatable bonds is 10. The van der Waals surface area contributed by atoms with Gasteiger partial charge in [0.25, 0.3) is 0 Å². The normalized spacial score (nSPS) is 12.3. The number of aromatic nitrogens is 2. The Labute approximate surface area is 160 Å². The molecule has 0 aliphatic rings. The van der Waals surface area contributed by atoms with E-state index in [-0.39, 0.29) is 0 Å². The highest BCUT2D eigenvalue weighted by Gasteiger charge is 2.17. The summed E-state index contributed by atoms with van der Waals surface area (Å²) in [7, 11) is 1.65. The molecule has 0 radical (unpaired) electrons. The molecule has 0 unspecified atom stereocenters. The zero-order valence-electron chi connectivity index (χ0n) is 16.1. The number of nitrogens with zero attached hydrogens (tertiary/aromatic N) is 2. The van der Waals surface area contributed by atoms with Gasteiger partial charge in [-0.15, -0.1) is 0 Å². The summed E-state index contributed by atoms with van der Waals surface area (Å²) in [6.45, 7) is 3.54. The van der Waals surface area contributed by atoms with E-state index in [4.69, 9.17) is 9.47 Å². The zero-order chi connectivity index (χ0) is 19.1. The molecule has 27 heavy (non-hydrogen) atoms. The largest absolute Gasteiger partial charge is 0.497 e. The first-order valence-corrected chi connectivity index (χ1v) is 9.63. The number of unbranched alkanes of at least 4 members (excludes halogenated alkanes) is 1. The molecule has 0 saturated heterocycles. The van der Waals surface area contributed by atoms with E-state index in [1.165, 1.54) is 0 Å². The number of aliphatic hydroxyl groups excluding tert-OH is 1. The van der Waals surface area contributed by atoms with Gasteiger partial charge in [0.05, 0.1) is 24.8 Å². The van der Waals surface area contributed by atoms with Gasteiger partial charge in [0, 0.05) is 12.6 Å². The second kappa shape index (κ2) is 9.42. The Balaban J connectivity index is 1.60. The molecule has 1 aromatic heterocycles. The van der Waals surface area contributed by atoms with E-state index in [1.807, 2.05) is 42.5 Å². The van der Waals surface area contributed by atoms with Crippen LogP contribution < -0.4 is 9.47 Å². The van der Waals surface area contributed by atoms with E-state index in [1.54, 1.807) is 7.11 Å². The van der Waals surface area contributed by atoms with E-state index in [9.17, 15) is 5.11 Å². The number of imidazole rings is 1. The lowest BCUT2D eigenvalue weighted by molar-refractivity contribution is 0.152. The van der Waals surface area contributed by atoms with Gasteiger partial charge in [0.2, 0.25) is 0 Å². The Hall–Kier alpha value is -2.53. The summed E-state index contributed by atoms with van der Waals surface area (Å²) in [5.41, 5.74) is 2.02. The molecule has 3 aromatic rings. The third-order valence-electron chi connectivity index (χ3n) is 4.63. The second-order valence-corrected chi connectivity index (χ2v) is 6.65. The van der Waals surface area contributed by atoms with Crippen molar-refractivity contribution in [3.8, 4) is 11.5 Å². The molecule has 0 bridgehead atoms. The van der Waals surface area contributed by atoms with Crippen LogP contribution in [-0.2, 0) is 6.54 Å². The van der Waals surface area contributed by atoms with Gasteiger partial charge in [-0.25, -0.2) is 4.98 Å². The van der Waals surface area contributed by atoms with Crippen molar-refractivity contribution in [1.82, 2.24) is 9.55 Å². The molecule has 0 saturated carbocycles. The minimum Gasteiger partial charge on any atom is -0.497 e. The van der Waals surface area contributed by atoms with E-state index >= 15 is 0 Å². The van der Waals surface area contributed by atoms with Crippen LogP contribution in [0.4, 0.5) is 0 Å². The van der Waals surface area contributed by atoms with Crippen LogP contribution in [0.2, 0.25) is 0 Å². The fourth-order valence-corrected chi connectivity index (χ4v) is 3.24. The number of methoxy groups -OCH3 is 1. The molecule has 0 aliphatic heterocycles. The Bertz CT molecular complexity index is 860. The molecule has 1 atom stereocenters.